The van der Waals surface area contributed by atoms with Gasteiger partial charge in [0.2, 0.25) is 0 Å². The third kappa shape index (κ3) is 3.67. The topological polar surface area (TPSA) is 27.3 Å². The third-order valence-electron chi connectivity index (χ3n) is 4.35. The normalized spacial score (nSPS) is 15.9. The number of hydrogen-bond donors (Lipinski definition) is 2. The summed E-state index contributed by atoms with van der Waals surface area (Å²) in [6, 6.07) is 7.06. The Hall–Kier alpha value is -1.74. The number of rotatable bonds is 7. The van der Waals surface area contributed by atoms with Crippen molar-refractivity contribution in [3.8, 4) is 0 Å². The van der Waals surface area contributed by atoms with Gasteiger partial charge in [-0.3, -0.25) is 4.90 Å². The summed E-state index contributed by atoms with van der Waals surface area (Å²) in [5, 5.41) is 6.46. The molecule has 1 heterocycles. The lowest BCUT2D eigenvalue weighted by Crippen LogP contribution is -2.42. The van der Waals surface area contributed by atoms with Crippen LogP contribution in [0.15, 0.2) is 43.1 Å². The fraction of sp³-hybridized carbons (Fsp3) is 0.444. The van der Waals surface area contributed by atoms with Crippen LogP contribution in [0.1, 0.15) is 24.0 Å². The Bertz CT molecular complexity index is 507. The smallest absolute Gasteiger partial charge is 0.0495 e. The van der Waals surface area contributed by atoms with Crippen LogP contribution in [-0.4, -0.2) is 31.6 Å². The molecule has 1 aliphatic heterocycles. The summed E-state index contributed by atoms with van der Waals surface area (Å²) < 4.78 is 0. The monoisotopic (exact) mass is 285 g/mol. The van der Waals surface area contributed by atoms with Gasteiger partial charge in [0.15, 0.2) is 0 Å². The Morgan fingerprint density at radius 2 is 2.19 bits per heavy atom. The summed E-state index contributed by atoms with van der Waals surface area (Å²) in [7, 11) is 3.93. The van der Waals surface area contributed by atoms with Gasteiger partial charge < -0.3 is 10.6 Å². The molecule has 1 aliphatic rings. The van der Waals surface area contributed by atoms with Crippen molar-refractivity contribution in [1.82, 2.24) is 10.2 Å². The van der Waals surface area contributed by atoms with Crippen LogP contribution in [0.3, 0.4) is 0 Å². The summed E-state index contributed by atoms with van der Waals surface area (Å²) in [6.45, 7) is 10.1. The maximum Gasteiger partial charge on any atom is 0.0495 e. The minimum absolute atomic E-state index is 0.374. The molecule has 1 unspecified atom stereocenters. The van der Waals surface area contributed by atoms with Crippen molar-refractivity contribution in [2.45, 2.75) is 31.8 Å². The standard InChI is InChI=1S/C18H27N3/c1-5-6-7-18(14(2)19-3)21-11-10-15-8-9-17(20-4)12-16(15)13-21/h5,8-9,12,18-20H,1-2,6-7,10-11,13H2,3-4H3. The quantitative estimate of drug-likeness (QED) is 0.754. The number of anilines is 1. The lowest BCUT2D eigenvalue weighted by atomic mass is 9.96. The molecule has 1 aromatic rings. The molecule has 0 bridgehead atoms. The Balaban J connectivity index is 2.16. The first kappa shape index (κ1) is 15.6. The van der Waals surface area contributed by atoms with Crippen LogP contribution < -0.4 is 10.6 Å². The maximum atomic E-state index is 4.19. The van der Waals surface area contributed by atoms with E-state index in [0.717, 1.165) is 38.0 Å². The maximum absolute atomic E-state index is 4.19. The second kappa shape index (κ2) is 7.32. The van der Waals surface area contributed by atoms with E-state index in [1.807, 2.05) is 20.2 Å². The van der Waals surface area contributed by atoms with E-state index in [9.17, 15) is 0 Å². The fourth-order valence-electron chi connectivity index (χ4n) is 3.02. The van der Waals surface area contributed by atoms with Crippen molar-refractivity contribution in [1.29, 1.82) is 0 Å². The molecule has 3 nitrogen and oxygen atoms in total. The summed E-state index contributed by atoms with van der Waals surface area (Å²) in [5.41, 5.74) is 5.19. The summed E-state index contributed by atoms with van der Waals surface area (Å²) in [4.78, 5) is 2.53. The molecule has 0 radical (unpaired) electrons. The lowest BCUT2D eigenvalue weighted by molar-refractivity contribution is 0.190. The van der Waals surface area contributed by atoms with E-state index in [0.29, 0.717) is 6.04 Å². The van der Waals surface area contributed by atoms with Crippen LogP contribution in [0, 0.1) is 0 Å². The van der Waals surface area contributed by atoms with Gasteiger partial charge in [-0.05, 0) is 42.5 Å². The molecule has 21 heavy (non-hydrogen) atoms. The van der Waals surface area contributed by atoms with E-state index in [1.54, 1.807) is 0 Å². The number of allylic oxidation sites excluding steroid dienone is 1. The number of fused-ring (bicyclic) bond motifs is 1. The van der Waals surface area contributed by atoms with Gasteiger partial charge in [0.1, 0.15) is 0 Å². The molecular formula is C18H27N3. The third-order valence-corrected chi connectivity index (χ3v) is 4.35. The van der Waals surface area contributed by atoms with E-state index in [1.165, 1.54) is 16.8 Å². The number of nitrogens with one attached hydrogen (secondary N) is 2. The van der Waals surface area contributed by atoms with Gasteiger partial charge >= 0.3 is 0 Å². The molecule has 0 aromatic heterocycles. The second-order valence-corrected chi connectivity index (χ2v) is 5.61. The zero-order chi connectivity index (χ0) is 15.2. The van der Waals surface area contributed by atoms with Gasteiger partial charge in [0.05, 0.1) is 0 Å². The Kier molecular flexibility index (Phi) is 5.45. The van der Waals surface area contributed by atoms with Crippen molar-refractivity contribution in [2.75, 3.05) is 26.0 Å². The van der Waals surface area contributed by atoms with Crippen LogP contribution in [0.4, 0.5) is 5.69 Å². The highest BCUT2D eigenvalue weighted by atomic mass is 15.2. The van der Waals surface area contributed by atoms with E-state index in [4.69, 9.17) is 0 Å². The Morgan fingerprint density at radius 3 is 2.86 bits per heavy atom. The molecule has 0 fully saturated rings. The molecule has 114 valence electrons. The largest absolute Gasteiger partial charge is 0.391 e. The zero-order valence-corrected chi connectivity index (χ0v) is 13.3. The van der Waals surface area contributed by atoms with Gasteiger partial charge in [-0.25, -0.2) is 0 Å². The summed E-state index contributed by atoms with van der Waals surface area (Å²) >= 11 is 0. The van der Waals surface area contributed by atoms with Gasteiger partial charge in [0.25, 0.3) is 0 Å². The van der Waals surface area contributed by atoms with Crippen LogP contribution in [0.5, 0.6) is 0 Å². The second-order valence-electron chi connectivity index (χ2n) is 5.61. The molecule has 0 saturated carbocycles. The van der Waals surface area contributed by atoms with Gasteiger partial charge in [-0.1, -0.05) is 18.7 Å². The van der Waals surface area contributed by atoms with E-state index >= 15 is 0 Å². The molecule has 3 heteroatoms. The molecule has 2 N–H and O–H groups in total. The zero-order valence-electron chi connectivity index (χ0n) is 13.3. The molecule has 0 amide bonds. The number of likely N-dealkylation sites (N-methyl/N-ethyl adjacent to an activating group) is 1. The van der Waals surface area contributed by atoms with Crippen molar-refractivity contribution in [3.63, 3.8) is 0 Å². The minimum Gasteiger partial charge on any atom is -0.391 e. The van der Waals surface area contributed by atoms with E-state index in [2.05, 4.69) is 46.9 Å². The number of benzene rings is 1. The molecule has 0 saturated heterocycles. The molecule has 1 atom stereocenters. The van der Waals surface area contributed by atoms with E-state index in [-0.39, 0.29) is 0 Å². The minimum atomic E-state index is 0.374. The highest BCUT2D eigenvalue weighted by Gasteiger charge is 2.24. The highest BCUT2D eigenvalue weighted by Crippen LogP contribution is 2.26. The van der Waals surface area contributed by atoms with Crippen molar-refractivity contribution in [2.24, 2.45) is 0 Å². The fourth-order valence-corrected chi connectivity index (χ4v) is 3.02. The van der Waals surface area contributed by atoms with Crippen LogP contribution in [0.2, 0.25) is 0 Å². The van der Waals surface area contributed by atoms with Crippen LogP contribution in [-0.2, 0) is 13.0 Å². The predicted molar refractivity (Wildman–Crippen MR) is 91.5 cm³/mol. The highest BCUT2D eigenvalue weighted by molar-refractivity contribution is 5.49. The summed E-state index contributed by atoms with van der Waals surface area (Å²) in [5.74, 6) is 0. The number of nitrogens with zero attached hydrogens (tertiary/aromatic N) is 1. The molecule has 2 rings (SSSR count). The first-order valence-corrected chi connectivity index (χ1v) is 7.70. The Morgan fingerprint density at radius 1 is 1.38 bits per heavy atom. The Labute approximate surface area is 128 Å². The van der Waals surface area contributed by atoms with Gasteiger partial charge in [0, 0.05) is 44.6 Å². The SMILES string of the molecule is C=CCCC(C(=C)NC)N1CCc2ccc(NC)cc2C1. The molecule has 1 aromatic carbocycles. The molecular weight excluding hydrogens is 258 g/mol. The predicted octanol–water partition coefficient (Wildman–Crippen LogP) is 3.15. The average molecular weight is 285 g/mol. The first-order valence-electron chi connectivity index (χ1n) is 7.70. The number of hydrogen-bond acceptors (Lipinski definition) is 3. The molecule has 0 aliphatic carbocycles. The van der Waals surface area contributed by atoms with Gasteiger partial charge in [-0.2, -0.15) is 0 Å². The summed E-state index contributed by atoms with van der Waals surface area (Å²) in [6.07, 6.45) is 5.20. The average Bonchev–Trinajstić information content (AvgIpc) is 2.54. The van der Waals surface area contributed by atoms with Crippen molar-refractivity contribution < 1.29 is 0 Å². The lowest BCUT2D eigenvalue weighted by Gasteiger charge is -2.36. The molecule has 0 spiro atoms. The van der Waals surface area contributed by atoms with Crippen molar-refractivity contribution in [3.05, 3.63) is 54.3 Å². The van der Waals surface area contributed by atoms with Crippen LogP contribution >= 0.6 is 0 Å². The van der Waals surface area contributed by atoms with Gasteiger partial charge in [-0.15, -0.1) is 6.58 Å². The van der Waals surface area contributed by atoms with Crippen molar-refractivity contribution >= 4 is 5.69 Å². The van der Waals surface area contributed by atoms with E-state index < -0.39 is 0 Å². The van der Waals surface area contributed by atoms with Crippen LogP contribution in [0.25, 0.3) is 0 Å². The first-order chi connectivity index (χ1) is 10.2.